The largest absolute Gasteiger partial charge is 0.490 e. The van der Waals surface area contributed by atoms with Gasteiger partial charge in [-0.25, -0.2) is 0 Å². The van der Waals surface area contributed by atoms with Crippen molar-refractivity contribution in [2.75, 3.05) is 13.2 Å². The van der Waals surface area contributed by atoms with E-state index in [-0.39, 0.29) is 5.92 Å². The molecule has 0 spiro atoms. The van der Waals surface area contributed by atoms with Gasteiger partial charge in [0.05, 0.1) is 13.2 Å². The fourth-order valence-corrected chi connectivity index (χ4v) is 1.75. The molecule has 2 nitrogen and oxygen atoms in total. The third-order valence-electron chi connectivity index (χ3n) is 2.76. The molecule has 2 heteroatoms. The maximum atomic E-state index is 5.76. The third-order valence-corrected chi connectivity index (χ3v) is 2.76. The lowest BCUT2D eigenvalue weighted by atomic mass is 10.0. The Bertz CT molecular complexity index is 418. The van der Waals surface area contributed by atoms with Crippen LogP contribution >= 0.6 is 0 Å². The van der Waals surface area contributed by atoms with Crippen molar-refractivity contribution < 1.29 is 9.47 Å². The summed E-state index contributed by atoms with van der Waals surface area (Å²) in [5.74, 6) is 4.65. The first-order chi connectivity index (χ1) is 9.21. The number of benzene rings is 1. The SMILES string of the molecule is C#CC(C)Cc1ccc(OCCC)c(OCCC)c1. The van der Waals surface area contributed by atoms with Gasteiger partial charge in [-0.1, -0.05) is 26.8 Å². The lowest BCUT2D eigenvalue weighted by molar-refractivity contribution is 0.268. The minimum absolute atomic E-state index is 0.237. The van der Waals surface area contributed by atoms with Crippen molar-refractivity contribution in [3.8, 4) is 23.8 Å². The summed E-state index contributed by atoms with van der Waals surface area (Å²) in [5.41, 5.74) is 1.19. The lowest BCUT2D eigenvalue weighted by Gasteiger charge is -2.14. The number of ether oxygens (including phenoxy) is 2. The molecular weight excluding hydrogens is 236 g/mol. The first kappa shape index (κ1) is 15.4. The van der Waals surface area contributed by atoms with Crippen LogP contribution in [0.1, 0.15) is 39.2 Å². The zero-order chi connectivity index (χ0) is 14.1. The smallest absolute Gasteiger partial charge is 0.161 e. The second-order valence-corrected chi connectivity index (χ2v) is 4.75. The van der Waals surface area contributed by atoms with Crippen molar-refractivity contribution >= 4 is 0 Å². The normalized spacial score (nSPS) is 11.7. The standard InChI is InChI=1S/C17H24O2/c1-5-10-18-16-9-8-15(12-14(4)7-3)13-17(16)19-11-6-2/h3,8-9,13-14H,5-6,10-12H2,1-2,4H3. The summed E-state index contributed by atoms with van der Waals surface area (Å²) in [6, 6.07) is 6.10. The number of terminal acetylenes is 1. The van der Waals surface area contributed by atoms with Gasteiger partial charge in [0.1, 0.15) is 0 Å². The van der Waals surface area contributed by atoms with Gasteiger partial charge in [-0.2, -0.15) is 0 Å². The van der Waals surface area contributed by atoms with Crippen LogP contribution in [0.15, 0.2) is 18.2 Å². The molecule has 0 amide bonds. The quantitative estimate of drug-likeness (QED) is 0.656. The third kappa shape index (κ3) is 5.26. The van der Waals surface area contributed by atoms with E-state index in [1.807, 2.05) is 13.0 Å². The van der Waals surface area contributed by atoms with Gasteiger partial charge in [-0.15, -0.1) is 12.3 Å². The van der Waals surface area contributed by atoms with Crippen LogP contribution in [-0.2, 0) is 6.42 Å². The van der Waals surface area contributed by atoms with Gasteiger partial charge in [0.2, 0.25) is 0 Å². The summed E-state index contributed by atoms with van der Waals surface area (Å²) in [4.78, 5) is 0. The Labute approximate surface area is 117 Å². The van der Waals surface area contributed by atoms with Gasteiger partial charge in [0, 0.05) is 5.92 Å². The van der Waals surface area contributed by atoms with Crippen LogP contribution in [0.5, 0.6) is 11.5 Å². The molecule has 0 bridgehead atoms. The fraction of sp³-hybridized carbons (Fsp3) is 0.529. The van der Waals surface area contributed by atoms with Gasteiger partial charge < -0.3 is 9.47 Å². The molecule has 0 N–H and O–H groups in total. The van der Waals surface area contributed by atoms with Crippen LogP contribution in [0.4, 0.5) is 0 Å². The summed E-state index contributed by atoms with van der Waals surface area (Å²) in [5, 5.41) is 0. The average Bonchev–Trinajstić information content (AvgIpc) is 2.43. The first-order valence-corrected chi connectivity index (χ1v) is 7.05. The van der Waals surface area contributed by atoms with E-state index in [9.17, 15) is 0 Å². The van der Waals surface area contributed by atoms with Crippen molar-refractivity contribution in [3.63, 3.8) is 0 Å². The average molecular weight is 260 g/mol. The van der Waals surface area contributed by atoms with E-state index >= 15 is 0 Å². The van der Waals surface area contributed by atoms with E-state index in [1.54, 1.807) is 0 Å². The monoisotopic (exact) mass is 260 g/mol. The molecule has 0 aliphatic carbocycles. The highest BCUT2D eigenvalue weighted by Gasteiger charge is 2.08. The molecule has 1 aromatic carbocycles. The summed E-state index contributed by atoms with van der Waals surface area (Å²) in [6.07, 6.45) is 8.27. The Morgan fingerprint density at radius 1 is 1.11 bits per heavy atom. The van der Waals surface area contributed by atoms with Gasteiger partial charge in [-0.05, 0) is 37.0 Å². The molecule has 0 aromatic heterocycles. The molecule has 19 heavy (non-hydrogen) atoms. The molecule has 0 aliphatic rings. The molecule has 104 valence electrons. The number of hydrogen-bond donors (Lipinski definition) is 0. The zero-order valence-electron chi connectivity index (χ0n) is 12.2. The Balaban J connectivity index is 2.84. The second-order valence-electron chi connectivity index (χ2n) is 4.75. The van der Waals surface area contributed by atoms with Crippen LogP contribution in [0.2, 0.25) is 0 Å². The van der Waals surface area contributed by atoms with Crippen molar-refractivity contribution in [2.24, 2.45) is 5.92 Å². The molecule has 0 aliphatic heterocycles. The predicted octanol–water partition coefficient (Wildman–Crippen LogP) is 4.08. The molecule has 0 saturated carbocycles. The van der Waals surface area contributed by atoms with Crippen LogP contribution in [0.3, 0.4) is 0 Å². The highest BCUT2D eigenvalue weighted by molar-refractivity contribution is 5.43. The molecular formula is C17H24O2. The molecule has 0 heterocycles. The van der Waals surface area contributed by atoms with Crippen molar-refractivity contribution in [1.82, 2.24) is 0 Å². The predicted molar refractivity (Wildman–Crippen MR) is 79.7 cm³/mol. The van der Waals surface area contributed by atoms with Crippen molar-refractivity contribution in [2.45, 2.75) is 40.0 Å². The zero-order valence-corrected chi connectivity index (χ0v) is 12.2. The Kier molecular flexibility index (Phi) is 6.89. The van der Waals surface area contributed by atoms with Crippen LogP contribution in [-0.4, -0.2) is 13.2 Å². The molecule has 1 aromatic rings. The number of hydrogen-bond acceptors (Lipinski definition) is 2. The molecule has 0 fully saturated rings. The van der Waals surface area contributed by atoms with Gasteiger partial charge in [-0.3, -0.25) is 0 Å². The molecule has 1 rings (SSSR count). The number of rotatable bonds is 8. The van der Waals surface area contributed by atoms with Crippen LogP contribution in [0.25, 0.3) is 0 Å². The second kappa shape index (κ2) is 8.48. The van der Waals surface area contributed by atoms with Crippen LogP contribution < -0.4 is 9.47 Å². The summed E-state index contributed by atoms with van der Waals surface area (Å²) < 4.78 is 11.5. The van der Waals surface area contributed by atoms with Crippen LogP contribution in [0, 0.1) is 18.3 Å². The van der Waals surface area contributed by atoms with Crippen molar-refractivity contribution in [3.05, 3.63) is 23.8 Å². The van der Waals surface area contributed by atoms with E-state index in [1.165, 1.54) is 5.56 Å². The minimum Gasteiger partial charge on any atom is -0.490 e. The lowest BCUT2D eigenvalue weighted by Crippen LogP contribution is -2.03. The summed E-state index contributed by atoms with van der Waals surface area (Å²) >= 11 is 0. The van der Waals surface area contributed by atoms with E-state index in [0.29, 0.717) is 13.2 Å². The van der Waals surface area contributed by atoms with Gasteiger partial charge >= 0.3 is 0 Å². The Morgan fingerprint density at radius 3 is 2.32 bits per heavy atom. The van der Waals surface area contributed by atoms with E-state index in [4.69, 9.17) is 15.9 Å². The summed E-state index contributed by atoms with van der Waals surface area (Å²) in [7, 11) is 0. The molecule has 1 unspecified atom stereocenters. The minimum atomic E-state index is 0.237. The first-order valence-electron chi connectivity index (χ1n) is 7.05. The maximum absolute atomic E-state index is 5.76. The Morgan fingerprint density at radius 2 is 1.74 bits per heavy atom. The van der Waals surface area contributed by atoms with Crippen molar-refractivity contribution in [1.29, 1.82) is 0 Å². The highest BCUT2D eigenvalue weighted by atomic mass is 16.5. The molecule has 0 saturated heterocycles. The van der Waals surface area contributed by atoms with Gasteiger partial charge in [0.15, 0.2) is 11.5 Å². The molecule has 1 atom stereocenters. The van der Waals surface area contributed by atoms with E-state index in [2.05, 4.69) is 31.9 Å². The van der Waals surface area contributed by atoms with E-state index in [0.717, 1.165) is 30.8 Å². The maximum Gasteiger partial charge on any atom is 0.161 e. The topological polar surface area (TPSA) is 18.5 Å². The van der Waals surface area contributed by atoms with Gasteiger partial charge in [0.25, 0.3) is 0 Å². The Hall–Kier alpha value is -1.62. The summed E-state index contributed by atoms with van der Waals surface area (Å²) in [6.45, 7) is 7.65. The fourth-order valence-electron chi connectivity index (χ4n) is 1.75. The highest BCUT2D eigenvalue weighted by Crippen LogP contribution is 2.29. The van der Waals surface area contributed by atoms with E-state index < -0.39 is 0 Å². The molecule has 0 radical (unpaired) electrons.